The third-order valence-electron chi connectivity index (χ3n) is 3.35. The smallest absolute Gasteiger partial charge is 0.305 e. The van der Waals surface area contributed by atoms with Gasteiger partial charge in [-0.2, -0.15) is 0 Å². The van der Waals surface area contributed by atoms with Crippen molar-refractivity contribution in [1.82, 2.24) is 0 Å². The molecule has 0 unspecified atom stereocenters. The fraction of sp³-hybridized carbons (Fsp3) is 0.786. The number of methoxy groups -OCH3 is 1. The predicted octanol–water partition coefficient (Wildman–Crippen LogP) is 3.35. The summed E-state index contributed by atoms with van der Waals surface area (Å²) in [4.78, 5) is 10.9. The first-order valence-corrected chi connectivity index (χ1v) is 9.28. The molecule has 0 amide bonds. The van der Waals surface area contributed by atoms with Gasteiger partial charge < -0.3 is 9.16 Å². The van der Waals surface area contributed by atoms with E-state index in [1.165, 1.54) is 7.11 Å². The minimum Gasteiger partial charge on any atom is -0.469 e. The molecule has 0 aromatic carbocycles. The zero-order valence-corrected chi connectivity index (χ0v) is 13.6. The summed E-state index contributed by atoms with van der Waals surface area (Å²) in [6.07, 6.45) is 1.91. The van der Waals surface area contributed by atoms with E-state index in [4.69, 9.17) is 4.43 Å². The van der Waals surface area contributed by atoms with E-state index in [0.29, 0.717) is 13.0 Å². The van der Waals surface area contributed by atoms with E-state index >= 15 is 0 Å². The lowest BCUT2D eigenvalue weighted by molar-refractivity contribution is -0.140. The minimum atomic E-state index is -1.67. The molecule has 18 heavy (non-hydrogen) atoms. The Morgan fingerprint density at radius 1 is 1.22 bits per heavy atom. The molecule has 0 fully saturated rings. The Kier molecular flexibility index (Phi) is 7.26. The van der Waals surface area contributed by atoms with E-state index in [0.717, 1.165) is 12.8 Å². The molecule has 0 radical (unpaired) electrons. The highest BCUT2D eigenvalue weighted by molar-refractivity contribution is 6.74. The van der Waals surface area contributed by atoms with Crippen LogP contribution in [0.5, 0.6) is 0 Å². The number of carbonyl (C=O) groups is 1. The highest BCUT2D eigenvalue weighted by atomic mass is 28.4. The Hall–Kier alpha value is -0.793. The Morgan fingerprint density at radius 2 is 1.83 bits per heavy atom. The molecule has 0 aliphatic carbocycles. The molecule has 0 rings (SSSR count). The molecule has 0 aromatic heterocycles. The van der Waals surface area contributed by atoms with Crippen LogP contribution >= 0.6 is 0 Å². The maximum absolute atomic E-state index is 10.9. The quantitative estimate of drug-likeness (QED) is 0.332. The van der Waals surface area contributed by atoms with Gasteiger partial charge in [0.25, 0.3) is 0 Å². The molecule has 3 nitrogen and oxygen atoms in total. The average Bonchev–Trinajstić information content (AvgIpc) is 2.25. The molecule has 0 saturated carbocycles. The number of carbonyl (C=O) groups excluding carboxylic acids is 1. The third-order valence-corrected chi connectivity index (χ3v) is 7.83. The lowest BCUT2D eigenvalue weighted by Crippen LogP contribution is -2.40. The van der Waals surface area contributed by atoms with E-state index in [2.05, 4.69) is 50.4 Å². The second kappa shape index (κ2) is 7.60. The molecule has 0 aliphatic rings. The largest absolute Gasteiger partial charge is 0.469 e. The van der Waals surface area contributed by atoms with Crippen LogP contribution in [0.2, 0.25) is 18.1 Å². The van der Waals surface area contributed by atoms with Gasteiger partial charge in [-0.15, -0.1) is 5.92 Å². The van der Waals surface area contributed by atoms with Crippen LogP contribution < -0.4 is 0 Å². The highest BCUT2D eigenvalue weighted by Crippen LogP contribution is 2.36. The molecule has 104 valence electrons. The van der Waals surface area contributed by atoms with E-state index in [1.807, 2.05) is 0 Å². The van der Waals surface area contributed by atoms with Crippen LogP contribution in [0, 0.1) is 11.8 Å². The van der Waals surface area contributed by atoms with Gasteiger partial charge in [-0.1, -0.05) is 26.7 Å². The second-order valence-corrected chi connectivity index (χ2v) is 10.6. The predicted molar refractivity (Wildman–Crippen MR) is 76.8 cm³/mol. The van der Waals surface area contributed by atoms with Crippen LogP contribution in [-0.2, 0) is 14.0 Å². The molecule has 0 saturated heterocycles. The summed E-state index contributed by atoms with van der Waals surface area (Å²) in [5.74, 6) is 5.87. The SMILES string of the molecule is COC(=O)CCCC#CCO[Si](C)(C)C(C)(C)C. The van der Waals surface area contributed by atoms with Crippen molar-refractivity contribution in [2.45, 2.75) is 58.2 Å². The standard InChI is InChI=1S/C14H26O3Si/c1-14(2,3)18(5,6)17-12-10-8-7-9-11-13(15)16-4/h7,9,11-12H2,1-6H3. The van der Waals surface area contributed by atoms with Crippen molar-refractivity contribution < 1.29 is 14.0 Å². The molecular weight excluding hydrogens is 244 g/mol. The lowest BCUT2D eigenvalue weighted by atomic mass is 10.2. The number of rotatable bonds is 5. The lowest BCUT2D eigenvalue weighted by Gasteiger charge is -2.35. The van der Waals surface area contributed by atoms with Crippen LogP contribution in [0.4, 0.5) is 0 Å². The Labute approximate surface area is 112 Å². The van der Waals surface area contributed by atoms with Gasteiger partial charge in [0.05, 0.1) is 13.7 Å². The van der Waals surface area contributed by atoms with Crippen molar-refractivity contribution in [3.63, 3.8) is 0 Å². The fourth-order valence-corrected chi connectivity index (χ4v) is 1.86. The molecule has 0 heterocycles. The maximum atomic E-state index is 10.9. The van der Waals surface area contributed by atoms with Crippen LogP contribution in [0.3, 0.4) is 0 Å². The molecule has 4 heteroatoms. The van der Waals surface area contributed by atoms with Gasteiger partial charge in [0, 0.05) is 12.8 Å². The van der Waals surface area contributed by atoms with Crippen LogP contribution in [0.1, 0.15) is 40.0 Å². The van der Waals surface area contributed by atoms with Gasteiger partial charge in [0.15, 0.2) is 8.32 Å². The number of esters is 1. The van der Waals surface area contributed by atoms with Crippen molar-refractivity contribution in [2.24, 2.45) is 0 Å². The summed E-state index contributed by atoms with van der Waals surface area (Å²) in [5, 5.41) is 0.222. The highest BCUT2D eigenvalue weighted by Gasteiger charge is 2.36. The number of hydrogen-bond donors (Lipinski definition) is 0. The van der Waals surface area contributed by atoms with Crippen LogP contribution in [-0.4, -0.2) is 28.0 Å². The topological polar surface area (TPSA) is 35.5 Å². The summed E-state index contributed by atoms with van der Waals surface area (Å²) >= 11 is 0. The first-order chi connectivity index (χ1) is 8.20. The van der Waals surface area contributed by atoms with Gasteiger partial charge in [0.2, 0.25) is 0 Å². The van der Waals surface area contributed by atoms with Crippen LogP contribution in [0.15, 0.2) is 0 Å². The van der Waals surface area contributed by atoms with Gasteiger partial charge in [-0.25, -0.2) is 0 Å². The van der Waals surface area contributed by atoms with Gasteiger partial charge in [-0.05, 0) is 24.6 Å². The van der Waals surface area contributed by atoms with Gasteiger partial charge in [0.1, 0.15) is 0 Å². The molecule has 0 atom stereocenters. The monoisotopic (exact) mass is 270 g/mol. The van der Waals surface area contributed by atoms with Crippen molar-refractivity contribution in [3.05, 3.63) is 0 Å². The first kappa shape index (κ1) is 17.2. The number of unbranched alkanes of at least 4 members (excludes halogenated alkanes) is 1. The van der Waals surface area contributed by atoms with Crippen molar-refractivity contribution >= 4 is 14.3 Å². The number of hydrogen-bond acceptors (Lipinski definition) is 3. The zero-order valence-electron chi connectivity index (χ0n) is 12.6. The van der Waals surface area contributed by atoms with E-state index in [-0.39, 0.29) is 11.0 Å². The third kappa shape index (κ3) is 6.82. The van der Waals surface area contributed by atoms with Crippen molar-refractivity contribution in [3.8, 4) is 11.8 Å². The van der Waals surface area contributed by atoms with Crippen LogP contribution in [0.25, 0.3) is 0 Å². The summed E-state index contributed by atoms with van der Waals surface area (Å²) in [6.45, 7) is 11.6. The normalized spacial score (nSPS) is 11.7. The van der Waals surface area contributed by atoms with Crippen molar-refractivity contribution in [1.29, 1.82) is 0 Å². The van der Waals surface area contributed by atoms with Gasteiger partial charge in [-0.3, -0.25) is 4.79 Å². The Balaban J connectivity index is 3.83. The molecule has 0 aromatic rings. The summed E-state index contributed by atoms with van der Waals surface area (Å²) in [7, 11) is -0.270. The van der Waals surface area contributed by atoms with Crippen molar-refractivity contribution in [2.75, 3.05) is 13.7 Å². The summed E-state index contributed by atoms with van der Waals surface area (Å²) < 4.78 is 10.5. The van der Waals surface area contributed by atoms with E-state index in [9.17, 15) is 4.79 Å². The average molecular weight is 270 g/mol. The Bertz CT molecular complexity index is 318. The second-order valence-electron chi connectivity index (χ2n) is 5.83. The van der Waals surface area contributed by atoms with Gasteiger partial charge >= 0.3 is 5.97 Å². The molecule has 0 spiro atoms. The minimum absolute atomic E-state index is 0.172. The maximum Gasteiger partial charge on any atom is 0.305 e. The fourth-order valence-electron chi connectivity index (χ4n) is 0.996. The Morgan fingerprint density at radius 3 is 2.33 bits per heavy atom. The molecule has 0 N–H and O–H groups in total. The zero-order chi connectivity index (χ0) is 14.2. The molecule has 0 aliphatic heterocycles. The van der Waals surface area contributed by atoms with E-state index < -0.39 is 8.32 Å². The summed E-state index contributed by atoms with van der Waals surface area (Å²) in [6, 6.07) is 0. The number of ether oxygens (including phenoxy) is 1. The van der Waals surface area contributed by atoms with E-state index in [1.54, 1.807) is 0 Å². The molecular formula is C14H26O3Si. The molecule has 0 bridgehead atoms. The first-order valence-electron chi connectivity index (χ1n) is 6.37. The summed E-state index contributed by atoms with van der Waals surface area (Å²) in [5.41, 5.74) is 0.